The predicted molar refractivity (Wildman–Crippen MR) is 74.9 cm³/mol. The van der Waals surface area contributed by atoms with Gasteiger partial charge in [0.05, 0.1) is 24.3 Å². The summed E-state index contributed by atoms with van der Waals surface area (Å²) in [6.45, 7) is 0. The van der Waals surface area contributed by atoms with E-state index in [1.54, 1.807) is 42.5 Å². The Morgan fingerprint density at radius 3 is 2.30 bits per heavy atom. The Labute approximate surface area is 117 Å². The Hall–Kier alpha value is -3.04. The molecule has 0 aliphatic carbocycles. The highest BCUT2D eigenvalue weighted by Crippen LogP contribution is 2.09. The van der Waals surface area contributed by atoms with E-state index in [1.165, 1.54) is 7.11 Å². The number of benzene rings is 2. The third-order valence-corrected chi connectivity index (χ3v) is 2.69. The fraction of sp³-hybridized carbons (Fsp3) is 0.0588. The van der Waals surface area contributed by atoms with Crippen LogP contribution >= 0.6 is 0 Å². The molecule has 0 N–H and O–H groups in total. The van der Waals surface area contributed by atoms with Crippen LogP contribution < -0.4 is 0 Å². The molecule has 3 nitrogen and oxygen atoms in total. The molecule has 20 heavy (non-hydrogen) atoms. The van der Waals surface area contributed by atoms with E-state index in [4.69, 9.17) is 10.00 Å². The number of methoxy groups -OCH3 is 1. The molecule has 0 radical (unpaired) electrons. The lowest BCUT2D eigenvalue weighted by Gasteiger charge is -2.01. The highest BCUT2D eigenvalue weighted by Gasteiger charge is 2.08. The van der Waals surface area contributed by atoms with Gasteiger partial charge in [-0.2, -0.15) is 5.26 Å². The molecule has 0 spiro atoms. The number of esters is 1. The van der Waals surface area contributed by atoms with Crippen molar-refractivity contribution in [2.45, 2.75) is 0 Å². The highest BCUT2D eigenvalue weighted by atomic mass is 16.5. The first-order valence-electron chi connectivity index (χ1n) is 5.94. The summed E-state index contributed by atoms with van der Waals surface area (Å²) in [4.78, 5) is 11.6. The minimum absolute atomic E-state index is 0.408. The lowest BCUT2D eigenvalue weighted by molar-refractivity contribution is 0.0600. The minimum atomic E-state index is -0.408. The second-order valence-electron chi connectivity index (χ2n) is 3.98. The molecule has 0 aliphatic rings. The third kappa shape index (κ3) is 3.04. The molecule has 0 saturated heterocycles. The average molecular weight is 261 g/mol. The fourth-order valence-corrected chi connectivity index (χ4v) is 1.65. The van der Waals surface area contributed by atoms with Gasteiger partial charge in [0, 0.05) is 11.1 Å². The highest BCUT2D eigenvalue weighted by molar-refractivity contribution is 5.92. The standard InChI is InChI=1S/C17H11NO2/c1-20-17(19)16-5-3-2-4-15(16)11-10-13-6-8-14(12-18)9-7-13/h2-9H,1H3. The van der Waals surface area contributed by atoms with Crippen LogP contribution in [0.25, 0.3) is 0 Å². The Morgan fingerprint density at radius 2 is 1.65 bits per heavy atom. The van der Waals surface area contributed by atoms with Crippen molar-refractivity contribution < 1.29 is 9.53 Å². The van der Waals surface area contributed by atoms with Crippen molar-refractivity contribution in [2.24, 2.45) is 0 Å². The largest absolute Gasteiger partial charge is 0.465 e. The molecule has 0 saturated carbocycles. The van der Waals surface area contributed by atoms with Crippen LogP contribution in [0.15, 0.2) is 48.5 Å². The first kappa shape index (κ1) is 13.4. The maximum absolute atomic E-state index is 11.6. The van der Waals surface area contributed by atoms with Gasteiger partial charge in [0.25, 0.3) is 0 Å². The molecular weight excluding hydrogens is 250 g/mol. The zero-order valence-electron chi connectivity index (χ0n) is 10.9. The Bertz CT molecular complexity index is 728. The van der Waals surface area contributed by atoms with Gasteiger partial charge in [-0.15, -0.1) is 0 Å². The first-order chi connectivity index (χ1) is 9.74. The molecule has 3 heteroatoms. The maximum Gasteiger partial charge on any atom is 0.339 e. The molecule has 2 aromatic carbocycles. The van der Waals surface area contributed by atoms with E-state index in [9.17, 15) is 4.79 Å². The summed E-state index contributed by atoms with van der Waals surface area (Å²) >= 11 is 0. The Morgan fingerprint density at radius 1 is 1.00 bits per heavy atom. The SMILES string of the molecule is COC(=O)c1ccccc1C#Cc1ccc(C#N)cc1. The zero-order chi connectivity index (χ0) is 14.4. The normalized spacial score (nSPS) is 9.00. The number of nitrogens with zero attached hydrogens (tertiary/aromatic N) is 1. The van der Waals surface area contributed by atoms with Crippen molar-refractivity contribution in [3.63, 3.8) is 0 Å². The van der Waals surface area contributed by atoms with Gasteiger partial charge < -0.3 is 4.74 Å². The fourth-order valence-electron chi connectivity index (χ4n) is 1.65. The number of nitriles is 1. The lowest BCUT2D eigenvalue weighted by Crippen LogP contribution is -2.03. The molecule has 0 unspecified atom stereocenters. The van der Waals surface area contributed by atoms with Crippen LogP contribution in [0.5, 0.6) is 0 Å². The van der Waals surface area contributed by atoms with Crippen LogP contribution in [0, 0.1) is 23.2 Å². The molecule has 0 bridgehead atoms. The second kappa shape index (κ2) is 6.22. The molecule has 0 aliphatic heterocycles. The molecule has 0 fully saturated rings. The predicted octanol–water partition coefficient (Wildman–Crippen LogP) is 2.74. The van der Waals surface area contributed by atoms with E-state index in [0.717, 1.165) is 5.56 Å². The third-order valence-electron chi connectivity index (χ3n) is 2.69. The summed E-state index contributed by atoms with van der Waals surface area (Å²) < 4.78 is 4.72. The van der Waals surface area contributed by atoms with Crippen LogP contribution in [0.4, 0.5) is 0 Å². The smallest absolute Gasteiger partial charge is 0.339 e. The summed E-state index contributed by atoms with van der Waals surface area (Å²) in [5.74, 6) is 5.51. The number of ether oxygens (including phenoxy) is 1. The van der Waals surface area contributed by atoms with Gasteiger partial charge in [-0.3, -0.25) is 0 Å². The van der Waals surface area contributed by atoms with Gasteiger partial charge in [-0.1, -0.05) is 24.0 Å². The summed E-state index contributed by atoms with van der Waals surface area (Å²) in [5, 5.41) is 8.72. The first-order valence-corrected chi connectivity index (χ1v) is 5.94. The Balaban J connectivity index is 2.33. The van der Waals surface area contributed by atoms with Crippen LogP contribution in [0.2, 0.25) is 0 Å². The Kier molecular flexibility index (Phi) is 4.17. The van der Waals surface area contributed by atoms with Crippen molar-refractivity contribution in [3.8, 4) is 17.9 Å². The van der Waals surface area contributed by atoms with Gasteiger partial charge in [0.15, 0.2) is 0 Å². The van der Waals surface area contributed by atoms with Gasteiger partial charge >= 0.3 is 5.97 Å². The van der Waals surface area contributed by atoms with Crippen LogP contribution in [0.1, 0.15) is 27.0 Å². The van der Waals surface area contributed by atoms with Crippen molar-refractivity contribution in [2.75, 3.05) is 7.11 Å². The summed E-state index contributed by atoms with van der Waals surface area (Å²) in [6, 6.07) is 16.0. The summed E-state index contributed by atoms with van der Waals surface area (Å²) in [6.07, 6.45) is 0. The van der Waals surface area contributed by atoms with Crippen molar-refractivity contribution in [3.05, 3.63) is 70.8 Å². The van der Waals surface area contributed by atoms with Gasteiger partial charge in [-0.05, 0) is 36.4 Å². The molecule has 0 aromatic heterocycles. The van der Waals surface area contributed by atoms with E-state index in [0.29, 0.717) is 16.7 Å². The molecule has 2 rings (SSSR count). The summed E-state index contributed by atoms with van der Waals surface area (Å²) in [7, 11) is 1.34. The van der Waals surface area contributed by atoms with E-state index >= 15 is 0 Å². The quantitative estimate of drug-likeness (QED) is 0.586. The number of hydrogen-bond acceptors (Lipinski definition) is 3. The van der Waals surface area contributed by atoms with Gasteiger partial charge in [-0.25, -0.2) is 4.79 Å². The van der Waals surface area contributed by atoms with Crippen molar-refractivity contribution in [1.82, 2.24) is 0 Å². The monoisotopic (exact) mass is 261 g/mol. The molecule has 0 amide bonds. The van der Waals surface area contributed by atoms with Crippen molar-refractivity contribution in [1.29, 1.82) is 5.26 Å². The van der Waals surface area contributed by atoms with Crippen LogP contribution in [0.3, 0.4) is 0 Å². The maximum atomic E-state index is 11.6. The molecular formula is C17H11NO2. The van der Waals surface area contributed by atoms with E-state index < -0.39 is 5.97 Å². The van der Waals surface area contributed by atoms with E-state index in [2.05, 4.69) is 17.9 Å². The molecule has 96 valence electrons. The van der Waals surface area contributed by atoms with Crippen LogP contribution in [-0.2, 0) is 4.74 Å². The molecule has 0 heterocycles. The topological polar surface area (TPSA) is 50.1 Å². The minimum Gasteiger partial charge on any atom is -0.465 e. The van der Waals surface area contributed by atoms with E-state index in [-0.39, 0.29) is 0 Å². The second-order valence-corrected chi connectivity index (χ2v) is 3.98. The zero-order valence-corrected chi connectivity index (χ0v) is 10.9. The van der Waals surface area contributed by atoms with Gasteiger partial charge in [0.1, 0.15) is 0 Å². The number of carbonyl (C=O) groups excluding carboxylic acids is 1. The lowest BCUT2D eigenvalue weighted by atomic mass is 10.1. The summed E-state index contributed by atoms with van der Waals surface area (Å²) in [5.41, 5.74) is 2.43. The average Bonchev–Trinajstić information content (AvgIpc) is 2.53. The van der Waals surface area contributed by atoms with Crippen LogP contribution in [-0.4, -0.2) is 13.1 Å². The molecule has 0 atom stereocenters. The van der Waals surface area contributed by atoms with Crippen molar-refractivity contribution >= 4 is 5.97 Å². The number of rotatable bonds is 1. The van der Waals surface area contributed by atoms with Gasteiger partial charge in [0.2, 0.25) is 0 Å². The number of carbonyl (C=O) groups is 1. The van der Waals surface area contributed by atoms with E-state index in [1.807, 2.05) is 6.07 Å². The number of hydrogen-bond donors (Lipinski definition) is 0. The molecule has 2 aromatic rings.